The third-order valence-corrected chi connectivity index (χ3v) is 3.10. The normalized spacial score (nSPS) is 10.8. The highest BCUT2D eigenvalue weighted by Crippen LogP contribution is 2.17. The van der Waals surface area contributed by atoms with Crippen molar-refractivity contribution in [1.82, 2.24) is 5.32 Å². The van der Waals surface area contributed by atoms with Gasteiger partial charge in [0.15, 0.2) is 0 Å². The standard InChI is InChI=1S/C19H22N2O3/c1-19(2,3)24-18(23)21-16-12-8-7-11-15(16)17(22)20-13-14-9-5-4-6-10-14/h4-12H,13H2,1-3H3,(H,20,22)(H,21,23). The molecular formula is C19H22N2O3. The van der Waals surface area contributed by atoms with Crippen LogP contribution < -0.4 is 10.6 Å². The van der Waals surface area contributed by atoms with Gasteiger partial charge in [-0.05, 0) is 38.5 Å². The molecule has 24 heavy (non-hydrogen) atoms. The number of benzene rings is 2. The maximum atomic E-state index is 12.4. The Morgan fingerprint density at radius 1 is 0.958 bits per heavy atom. The average Bonchev–Trinajstić information content (AvgIpc) is 2.52. The summed E-state index contributed by atoms with van der Waals surface area (Å²) in [6.45, 7) is 5.77. The Morgan fingerprint density at radius 2 is 1.58 bits per heavy atom. The molecule has 0 saturated carbocycles. The van der Waals surface area contributed by atoms with E-state index in [9.17, 15) is 9.59 Å². The fourth-order valence-electron chi connectivity index (χ4n) is 2.08. The molecule has 0 aliphatic carbocycles. The minimum atomic E-state index is -0.603. The molecule has 2 aromatic carbocycles. The van der Waals surface area contributed by atoms with Crippen LogP contribution in [0.25, 0.3) is 0 Å². The van der Waals surface area contributed by atoms with Crippen LogP contribution in [-0.2, 0) is 11.3 Å². The number of carbonyl (C=O) groups is 2. The Morgan fingerprint density at radius 3 is 2.25 bits per heavy atom. The molecule has 0 fully saturated rings. The zero-order valence-corrected chi connectivity index (χ0v) is 14.1. The fourth-order valence-corrected chi connectivity index (χ4v) is 2.08. The Kier molecular flexibility index (Phi) is 5.58. The second-order valence-corrected chi connectivity index (χ2v) is 6.34. The van der Waals surface area contributed by atoms with E-state index < -0.39 is 11.7 Å². The molecule has 2 rings (SSSR count). The lowest BCUT2D eigenvalue weighted by Gasteiger charge is -2.20. The monoisotopic (exact) mass is 326 g/mol. The second kappa shape index (κ2) is 7.64. The number of rotatable bonds is 4. The second-order valence-electron chi connectivity index (χ2n) is 6.34. The van der Waals surface area contributed by atoms with Gasteiger partial charge < -0.3 is 10.1 Å². The van der Waals surface area contributed by atoms with Crippen LogP contribution in [0.2, 0.25) is 0 Å². The summed E-state index contributed by atoms with van der Waals surface area (Å²) in [4.78, 5) is 24.3. The van der Waals surface area contributed by atoms with Crippen LogP contribution in [0.5, 0.6) is 0 Å². The van der Waals surface area contributed by atoms with Gasteiger partial charge in [-0.1, -0.05) is 42.5 Å². The van der Waals surface area contributed by atoms with E-state index in [-0.39, 0.29) is 5.91 Å². The van der Waals surface area contributed by atoms with Crippen LogP contribution >= 0.6 is 0 Å². The molecule has 0 bridgehead atoms. The van der Waals surface area contributed by atoms with Crippen molar-refractivity contribution in [3.8, 4) is 0 Å². The van der Waals surface area contributed by atoms with E-state index in [1.807, 2.05) is 30.3 Å². The highest BCUT2D eigenvalue weighted by molar-refractivity contribution is 6.02. The molecule has 0 heterocycles. The first-order valence-corrected chi connectivity index (χ1v) is 7.76. The maximum absolute atomic E-state index is 12.4. The van der Waals surface area contributed by atoms with Gasteiger partial charge in [-0.15, -0.1) is 0 Å². The van der Waals surface area contributed by atoms with Gasteiger partial charge in [0.2, 0.25) is 0 Å². The van der Waals surface area contributed by atoms with Crippen molar-refractivity contribution >= 4 is 17.7 Å². The summed E-state index contributed by atoms with van der Waals surface area (Å²) in [5.74, 6) is -0.259. The molecule has 2 amide bonds. The molecule has 126 valence electrons. The third kappa shape index (κ3) is 5.43. The lowest BCUT2D eigenvalue weighted by Crippen LogP contribution is -2.29. The first kappa shape index (κ1) is 17.5. The predicted molar refractivity (Wildman–Crippen MR) is 93.9 cm³/mol. The smallest absolute Gasteiger partial charge is 0.412 e. The van der Waals surface area contributed by atoms with Crippen molar-refractivity contribution in [3.63, 3.8) is 0 Å². The van der Waals surface area contributed by atoms with Crippen LogP contribution in [0.1, 0.15) is 36.7 Å². The van der Waals surface area contributed by atoms with Crippen molar-refractivity contribution in [2.75, 3.05) is 5.32 Å². The Bertz CT molecular complexity index is 706. The number of amides is 2. The fraction of sp³-hybridized carbons (Fsp3) is 0.263. The third-order valence-electron chi connectivity index (χ3n) is 3.10. The van der Waals surface area contributed by atoms with Crippen molar-refractivity contribution in [1.29, 1.82) is 0 Å². The van der Waals surface area contributed by atoms with Gasteiger partial charge in [0.05, 0.1) is 11.3 Å². The Balaban J connectivity index is 2.04. The number of anilines is 1. The minimum Gasteiger partial charge on any atom is -0.444 e. The van der Waals surface area contributed by atoms with Crippen LogP contribution in [0.3, 0.4) is 0 Å². The molecule has 2 N–H and O–H groups in total. The first-order chi connectivity index (χ1) is 11.3. The number of carbonyl (C=O) groups excluding carboxylic acids is 2. The lowest BCUT2D eigenvalue weighted by molar-refractivity contribution is 0.0636. The van der Waals surface area contributed by atoms with Gasteiger partial charge in [0.25, 0.3) is 5.91 Å². The number of hydrogen-bond acceptors (Lipinski definition) is 3. The average molecular weight is 326 g/mol. The van der Waals surface area contributed by atoms with Crippen LogP contribution in [0, 0.1) is 0 Å². The number of para-hydroxylation sites is 1. The largest absolute Gasteiger partial charge is 0.444 e. The lowest BCUT2D eigenvalue weighted by atomic mass is 10.1. The van der Waals surface area contributed by atoms with E-state index in [4.69, 9.17) is 4.74 Å². The summed E-state index contributed by atoms with van der Waals surface area (Å²) in [6, 6.07) is 16.5. The van der Waals surface area contributed by atoms with Crippen LogP contribution in [-0.4, -0.2) is 17.6 Å². The molecule has 0 aliphatic rings. The van der Waals surface area contributed by atoms with Crippen LogP contribution in [0.15, 0.2) is 54.6 Å². The van der Waals surface area contributed by atoms with E-state index >= 15 is 0 Å². The molecule has 5 heteroatoms. The van der Waals surface area contributed by atoms with Gasteiger partial charge in [-0.3, -0.25) is 10.1 Å². The molecule has 0 atom stereocenters. The molecule has 5 nitrogen and oxygen atoms in total. The molecule has 2 aromatic rings. The molecular weight excluding hydrogens is 304 g/mol. The van der Waals surface area contributed by atoms with Gasteiger partial charge in [-0.2, -0.15) is 0 Å². The van der Waals surface area contributed by atoms with E-state index in [1.165, 1.54) is 0 Å². The first-order valence-electron chi connectivity index (χ1n) is 7.76. The van der Waals surface area contributed by atoms with Crippen molar-refractivity contribution in [3.05, 3.63) is 65.7 Å². The van der Waals surface area contributed by atoms with Gasteiger partial charge in [-0.25, -0.2) is 4.79 Å². The van der Waals surface area contributed by atoms with E-state index in [0.717, 1.165) is 5.56 Å². The summed E-state index contributed by atoms with van der Waals surface area (Å²) in [6.07, 6.45) is -0.592. The number of nitrogens with one attached hydrogen (secondary N) is 2. The molecule has 0 radical (unpaired) electrons. The minimum absolute atomic E-state index is 0.259. The van der Waals surface area contributed by atoms with Gasteiger partial charge >= 0.3 is 6.09 Å². The van der Waals surface area contributed by atoms with Gasteiger partial charge in [0.1, 0.15) is 5.60 Å². The molecule has 0 spiro atoms. The highest BCUT2D eigenvalue weighted by atomic mass is 16.6. The van der Waals surface area contributed by atoms with Crippen molar-refractivity contribution in [2.45, 2.75) is 32.9 Å². The highest BCUT2D eigenvalue weighted by Gasteiger charge is 2.18. The quantitative estimate of drug-likeness (QED) is 0.893. The SMILES string of the molecule is CC(C)(C)OC(=O)Nc1ccccc1C(=O)NCc1ccccc1. The summed E-state index contributed by atoms with van der Waals surface area (Å²) in [7, 11) is 0. The molecule has 0 saturated heterocycles. The summed E-state index contributed by atoms with van der Waals surface area (Å²) in [5, 5.41) is 5.47. The molecule has 0 unspecified atom stereocenters. The number of ether oxygens (including phenoxy) is 1. The zero-order chi connectivity index (χ0) is 17.6. The Hall–Kier alpha value is -2.82. The maximum Gasteiger partial charge on any atom is 0.412 e. The van der Waals surface area contributed by atoms with E-state index in [1.54, 1.807) is 45.0 Å². The van der Waals surface area contributed by atoms with E-state index in [2.05, 4.69) is 10.6 Å². The molecule has 0 aromatic heterocycles. The Labute approximate surface area is 142 Å². The predicted octanol–water partition coefficient (Wildman–Crippen LogP) is 3.96. The van der Waals surface area contributed by atoms with Crippen molar-refractivity contribution in [2.24, 2.45) is 0 Å². The topological polar surface area (TPSA) is 67.4 Å². The zero-order valence-electron chi connectivity index (χ0n) is 14.1. The molecule has 0 aliphatic heterocycles. The summed E-state index contributed by atoms with van der Waals surface area (Å²) < 4.78 is 5.22. The summed E-state index contributed by atoms with van der Waals surface area (Å²) in [5.41, 5.74) is 1.20. The van der Waals surface area contributed by atoms with Gasteiger partial charge in [0, 0.05) is 6.54 Å². The number of hydrogen-bond donors (Lipinski definition) is 2. The van der Waals surface area contributed by atoms with Crippen molar-refractivity contribution < 1.29 is 14.3 Å². The summed E-state index contributed by atoms with van der Waals surface area (Å²) >= 11 is 0. The van der Waals surface area contributed by atoms with E-state index in [0.29, 0.717) is 17.8 Å². The van der Waals surface area contributed by atoms with Crippen LogP contribution in [0.4, 0.5) is 10.5 Å².